The summed E-state index contributed by atoms with van der Waals surface area (Å²) in [7, 11) is 4.31. The molecule has 0 saturated carbocycles. The van der Waals surface area contributed by atoms with Gasteiger partial charge in [-0.3, -0.25) is 4.90 Å². The van der Waals surface area contributed by atoms with Crippen LogP contribution in [0.2, 0.25) is 0 Å². The van der Waals surface area contributed by atoms with Gasteiger partial charge in [0.2, 0.25) is 0 Å². The van der Waals surface area contributed by atoms with E-state index >= 15 is 0 Å². The maximum absolute atomic E-state index is 3.35. The van der Waals surface area contributed by atoms with E-state index in [0.29, 0.717) is 11.5 Å². The third-order valence-corrected chi connectivity index (χ3v) is 4.23. The fraction of sp³-hybridized carbons (Fsp3) is 1.00. The Kier molecular flexibility index (Phi) is 5.90. The van der Waals surface area contributed by atoms with Crippen molar-refractivity contribution in [1.29, 1.82) is 0 Å². The van der Waals surface area contributed by atoms with E-state index < -0.39 is 0 Å². The van der Waals surface area contributed by atoms with Crippen LogP contribution in [0.1, 0.15) is 33.6 Å². The molecule has 3 nitrogen and oxygen atoms in total. The average molecular weight is 241 g/mol. The van der Waals surface area contributed by atoms with Crippen LogP contribution in [0.25, 0.3) is 0 Å². The highest BCUT2D eigenvalue weighted by Crippen LogP contribution is 2.23. The van der Waals surface area contributed by atoms with Crippen LogP contribution in [0.5, 0.6) is 0 Å². The van der Waals surface area contributed by atoms with E-state index in [1.165, 1.54) is 39.0 Å². The van der Waals surface area contributed by atoms with Crippen molar-refractivity contribution < 1.29 is 0 Å². The zero-order valence-electron chi connectivity index (χ0n) is 12.4. The van der Waals surface area contributed by atoms with Crippen LogP contribution in [0.15, 0.2) is 0 Å². The van der Waals surface area contributed by atoms with Crippen LogP contribution in [0, 0.1) is 5.41 Å². The van der Waals surface area contributed by atoms with E-state index in [9.17, 15) is 0 Å². The summed E-state index contributed by atoms with van der Waals surface area (Å²) in [6, 6.07) is 0.685. The first-order valence-corrected chi connectivity index (χ1v) is 7.08. The largest absolute Gasteiger partial charge is 0.319 e. The fourth-order valence-corrected chi connectivity index (χ4v) is 2.87. The highest BCUT2D eigenvalue weighted by Gasteiger charge is 2.28. The van der Waals surface area contributed by atoms with Crippen LogP contribution in [-0.2, 0) is 0 Å². The van der Waals surface area contributed by atoms with E-state index in [-0.39, 0.29) is 0 Å². The van der Waals surface area contributed by atoms with Crippen LogP contribution >= 0.6 is 0 Å². The molecule has 0 aromatic heterocycles. The Bertz CT molecular complexity index is 220. The Balaban J connectivity index is 2.58. The standard InChI is InChI=1S/C14H31N3/c1-6-14(3,11-15-4)12-17-9-7-8-16(5)10-13(17)2/h13,15H,6-12H2,1-5H3. The van der Waals surface area contributed by atoms with Crippen molar-refractivity contribution in [2.75, 3.05) is 46.8 Å². The summed E-state index contributed by atoms with van der Waals surface area (Å²) in [5.74, 6) is 0. The second kappa shape index (κ2) is 6.72. The predicted molar refractivity (Wildman–Crippen MR) is 75.5 cm³/mol. The summed E-state index contributed by atoms with van der Waals surface area (Å²) >= 11 is 0. The minimum Gasteiger partial charge on any atom is -0.319 e. The fourth-order valence-electron chi connectivity index (χ4n) is 2.87. The molecule has 3 heteroatoms. The van der Waals surface area contributed by atoms with E-state index in [1.807, 2.05) is 0 Å². The molecule has 1 rings (SSSR count). The topological polar surface area (TPSA) is 18.5 Å². The summed E-state index contributed by atoms with van der Waals surface area (Å²) < 4.78 is 0. The highest BCUT2D eigenvalue weighted by molar-refractivity contribution is 4.83. The number of nitrogens with one attached hydrogen (secondary N) is 1. The van der Waals surface area contributed by atoms with E-state index in [4.69, 9.17) is 0 Å². The molecule has 1 saturated heterocycles. The zero-order chi connectivity index (χ0) is 12.9. The molecule has 1 heterocycles. The molecule has 0 radical (unpaired) electrons. The first-order chi connectivity index (χ1) is 8.00. The Labute approximate surface area is 108 Å². The number of nitrogens with zero attached hydrogens (tertiary/aromatic N) is 2. The minimum atomic E-state index is 0.409. The summed E-state index contributed by atoms with van der Waals surface area (Å²) in [6.07, 6.45) is 2.55. The maximum atomic E-state index is 3.35. The molecular formula is C14H31N3. The van der Waals surface area contributed by atoms with Crippen molar-refractivity contribution in [2.24, 2.45) is 5.41 Å². The minimum absolute atomic E-state index is 0.409. The van der Waals surface area contributed by atoms with Gasteiger partial charge in [-0.15, -0.1) is 0 Å². The predicted octanol–water partition coefficient (Wildman–Crippen LogP) is 1.65. The molecule has 0 bridgehead atoms. The van der Waals surface area contributed by atoms with Gasteiger partial charge >= 0.3 is 0 Å². The van der Waals surface area contributed by atoms with E-state index in [1.54, 1.807) is 0 Å². The van der Waals surface area contributed by atoms with Crippen LogP contribution in [0.4, 0.5) is 0 Å². The molecule has 1 N–H and O–H groups in total. The average Bonchev–Trinajstić information content (AvgIpc) is 2.41. The summed E-state index contributed by atoms with van der Waals surface area (Å²) in [6.45, 7) is 13.1. The molecule has 0 aliphatic carbocycles. The first-order valence-electron chi connectivity index (χ1n) is 7.08. The smallest absolute Gasteiger partial charge is 0.0195 e. The Morgan fingerprint density at radius 3 is 2.65 bits per heavy atom. The van der Waals surface area contributed by atoms with Gasteiger partial charge in [-0.05, 0) is 52.4 Å². The van der Waals surface area contributed by atoms with Gasteiger partial charge in [-0.1, -0.05) is 13.8 Å². The lowest BCUT2D eigenvalue weighted by Gasteiger charge is -2.37. The third-order valence-electron chi connectivity index (χ3n) is 4.23. The lowest BCUT2D eigenvalue weighted by molar-refractivity contribution is 0.122. The molecule has 102 valence electrons. The normalized spacial score (nSPS) is 27.7. The van der Waals surface area contributed by atoms with Crippen molar-refractivity contribution in [1.82, 2.24) is 15.1 Å². The van der Waals surface area contributed by atoms with Crippen molar-refractivity contribution in [3.8, 4) is 0 Å². The third kappa shape index (κ3) is 4.57. The molecule has 2 unspecified atom stereocenters. The SMILES string of the molecule is CCC(C)(CNC)CN1CCCN(C)CC1C. The summed E-state index contributed by atoms with van der Waals surface area (Å²) in [5, 5.41) is 3.35. The lowest BCUT2D eigenvalue weighted by atomic mass is 9.86. The Morgan fingerprint density at radius 2 is 2.06 bits per heavy atom. The maximum Gasteiger partial charge on any atom is 0.0195 e. The second-order valence-corrected chi connectivity index (χ2v) is 6.13. The van der Waals surface area contributed by atoms with Crippen LogP contribution in [0.3, 0.4) is 0 Å². The zero-order valence-corrected chi connectivity index (χ0v) is 12.4. The molecule has 17 heavy (non-hydrogen) atoms. The molecule has 0 aromatic rings. The van der Waals surface area contributed by atoms with E-state index in [2.05, 4.69) is 50.0 Å². The van der Waals surface area contributed by atoms with Gasteiger partial charge in [0, 0.05) is 25.7 Å². The molecule has 1 fully saturated rings. The van der Waals surface area contributed by atoms with Crippen LogP contribution in [-0.4, -0.2) is 62.7 Å². The summed E-state index contributed by atoms with van der Waals surface area (Å²) in [4.78, 5) is 5.15. The molecule has 0 amide bonds. The monoisotopic (exact) mass is 241 g/mol. The number of hydrogen-bond donors (Lipinski definition) is 1. The lowest BCUT2D eigenvalue weighted by Crippen LogP contribution is -2.46. The van der Waals surface area contributed by atoms with Gasteiger partial charge in [0.25, 0.3) is 0 Å². The van der Waals surface area contributed by atoms with Gasteiger partial charge in [0.15, 0.2) is 0 Å². The second-order valence-electron chi connectivity index (χ2n) is 6.13. The summed E-state index contributed by atoms with van der Waals surface area (Å²) in [5.41, 5.74) is 0.409. The molecule has 0 aromatic carbocycles. The number of rotatable bonds is 5. The van der Waals surface area contributed by atoms with Crippen molar-refractivity contribution in [3.63, 3.8) is 0 Å². The van der Waals surface area contributed by atoms with Crippen molar-refractivity contribution in [3.05, 3.63) is 0 Å². The highest BCUT2D eigenvalue weighted by atomic mass is 15.2. The van der Waals surface area contributed by atoms with Gasteiger partial charge in [0.1, 0.15) is 0 Å². The van der Waals surface area contributed by atoms with Crippen LogP contribution < -0.4 is 5.32 Å². The Hall–Kier alpha value is -0.120. The van der Waals surface area contributed by atoms with Gasteiger partial charge in [-0.25, -0.2) is 0 Å². The van der Waals surface area contributed by atoms with Gasteiger partial charge in [0.05, 0.1) is 0 Å². The Morgan fingerprint density at radius 1 is 1.35 bits per heavy atom. The number of hydrogen-bond acceptors (Lipinski definition) is 3. The van der Waals surface area contributed by atoms with Gasteiger partial charge < -0.3 is 10.2 Å². The van der Waals surface area contributed by atoms with Gasteiger partial charge in [-0.2, -0.15) is 0 Å². The quantitative estimate of drug-likeness (QED) is 0.789. The molecule has 2 atom stereocenters. The molecule has 1 aliphatic heterocycles. The molecule has 1 aliphatic rings. The number of likely N-dealkylation sites (N-methyl/N-ethyl adjacent to an activating group) is 1. The molecular weight excluding hydrogens is 210 g/mol. The first kappa shape index (κ1) is 14.9. The van der Waals surface area contributed by atoms with Crippen molar-refractivity contribution >= 4 is 0 Å². The van der Waals surface area contributed by atoms with E-state index in [0.717, 1.165) is 6.54 Å². The van der Waals surface area contributed by atoms with Crippen molar-refractivity contribution in [2.45, 2.75) is 39.7 Å². The molecule has 0 spiro atoms.